The number of nitrogens with zero attached hydrogens (tertiary/aromatic N) is 2. The van der Waals surface area contributed by atoms with Gasteiger partial charge in [-0.1, -0.05) is 36.4 Å². The van der Waals surface area contributed by atoms with E-state index in [0.29, 0.717) is 13.2 Å². The van der Waals surface area contributed by atoms with Crippen LogP contribution in [0.3, 0.4) is 0 Å². The number of aryl methyl sites for hydroxylation is 2. The van der Waals surface area contributed by atoms with E-state index >= 15 is 0 Å². The van der Waals surface area contributed by atoms with E-state index in [9.17, 15) is 4.79 Å². The predicted molar refractivity (Wildman–Crippen MR) is 110 cm³/mol. The molecular formula is C23H25N3O3. The van der Waals surface area contributed by atoms with Gasteiger partial charge in [0.25, 0.3) is 0 Å². The molecular weight excluding hydrogens is 366 g/mol. The molecule has 1 amide bonds. The average molecular weight is 391 g/mol. The second-order valence-electron chi connectivity index (χ2n) is 7.26. The predicted octanol–water partition coefficient (Wildman–Crippen LogP) is 3.45. The molecule has 1 N–H and O–H groups in total. The fraction of sp³-hybridized carbons (Fsp3) is 0.304. The molecule has 150 valence electrons. The Kier molecular flexibility index (Phi) is 5.79. The van der Waals surface area contributed by atoms with Gasteiger partial charge >= 0.3 is 0 Å². The monoisotopic (exact) mass is 391 g/mol. The first-order chi connectivity index (χ1) is 14.2. The summed E-state index contributed by atoms with van der Waals surface area (Å²) in [4.78, 5) is 12.7. The highest BCUT2D eigenvalue weighted by Gasteiger charge is 2.19. The van der Waals surface area contributed by atoms with E-state index in [0.717, 1.165) is 35.5 Å². The topological polar surface area (TPSA) is 65.4 Å². The van der Waals surface area contributed by atoms with Gasteiger partial charge < -0.3 is 14.8 Å². The summed E-state index contributed by atoms with van der Waals surface area (Å²) in [5.41, 5.74) is 3.28. The third kappa shape index (κ3) is 4.96. The lowest BCUT2D eigenvalue weighted by molar-refractivity contribution is -0.122. The number of hydrogen-bond donors (Lipinski definition) is 1. The molecule has 1 atom stereocenters. The van der Waals surface area contributed by atoms with Crippen molar-refractivity contribution in [2.24, 2.45) is 0 Å². The number of aromatic nitrogens is 2. The van der Waals surface area contributed by atoms with Crippen LogP contribution < -0.4 is 14.8 Å². The highest BCUT2D eigenvalue weighted by Crippen LogP contribution is 2.33. The number of fused-ring (bicyclic) bond motifs is 1. The highest BCUT2D eigenvalue weighted by molar-refractivity contribution is 5.76. The zero-order valence-electron chi connectivity index (χ0n) is 16.5. The zero-order chi connectivity index (χ0) is 20.1. The molecule has 1 aliphatic rings. The van der Waals surface area contributed by atoms with Gasteiger partial charge in [-0.3, -0.25) is 9.48 Å². The molecule has 2 aromatic carbocycles. The van der Waals surface area contributed by atoms with Crippen molar-refractivity contribution in [3.63, 3.8) is 0 Å². The lowest BCUT2D eigenvalue weighted by Crippen LogP contribution is -2.32. The Morgan fingerprint density at radius 1 is 1.14 bits per heavy atom. The van der Waals surface area contributed by atoms with E-state index in [1.165, 1.54) is 5.56 Å². The van der Waals surface area contributed by atoms with Crippen LogP contribution in [0.25, 0.3) is 0 Å². The Bertz CT molecular complexity index is 969. The molecule has 29 heavy (non-hydrogen) atoms. The first kappa shape index (κ1) is 19.1. The van der Waals surface area contributed by atoms with Gasteiger partial charge in [0.15, 0.2) is 11.5 Å². The van der Waals surface area contributed by atoms with Crippen molar-refractivity contribution in [1.29, 1.82) is 0 Å². The Morgan fingerprint density at radius 2 is 1.93 bits per heavy atom. The summed E-state index contributed by atoms with van der Waals surface area (Å²) in [6.45, 7) is 3.25. The maximum Gasteiger partial charge on any atom is 0.242 e. The van der Waals surface area contributed by atoms with Gasteiger partial charge in [0.05, 0.1) is 12.2 Å². The molecule has 0 spiro atoms. The van der Waals surface area contributed by atoms with E-state index in [4.69, 9.17) is 9.47 Å². The second kappa shape index (κ2) is 8.82. The van der Waals surface area contributed by atoms with Crippen molar-refractivity contribution in [3.05, 3.63) is 77.6 Å². The Labute approximate surface area is 170 Å². The third-order valence-electron chi connectivity index (χ3n) is 4.94. The quantitative estimate of drug-likeness (QED) is 0.670. The van der Waals surface area contributed by atoms with Gasteiger partial charge in [0.2, 0.25) is 5.91 Å². The SMILES string of the molecule is Cc1cnn(CC(=O)NC(CCc2ccccc2)c2ccc3c(c2)OCCO3)c1. The maximum absolute atomic E-state index is 12.7. The van der Waals surface area contributed by atoms with E-state index in [2.05, 4.69) is 22.5 Å². The van der Waals surface area contributed by atoms with Gasteiger partial charge in [-0.2, -0.15) is 5.10 Å². The minimum Gasteiger partial charge on any atom is -0.486 e. The van der Waals surface area contributed by atoms with E-state index in [1.54, 1.807) is 10.9 Å². The van der Waals surface area contributed by atoms with Crippen LogP contribution in [0.4, 0.5) is 0 Å². The number of ether oxygens (including phenoxy) is 2. The molecule has 0 aliphatic carbocycles. The second-order valence-corrected chi connectivity index (χ2v) is 7.26. The Balaban J connectivity index is 1.50. The molecule has 0 bridgehead atoms. The van der Waals surface area contributed by atoms with Crippen molar-refractivity contribution in [3.8, 4) is 11.5 Å². The summed E-state index contributed by atoms with van der Waals surface area (Å²) in [6, 6.07) is 16.1. The van der Waals surface area contributed by atoms with Crippen LogP contribution in [0.15, 0.2) is 60.9 Å². The molecule has 6 heteroatoms. The van der Waals surface area contributed by atoms with Crippen molar-refractivity contribution < 1.29 is 14.3 Å². The maximum atomic E-state index is 12.7. The first-order valence-electron chi connectivity index (χ1n) is 9.89. The van der Waals surface area contributed by atoms with Gasteiger partial charge in [-0.15, -0.1) is 0 Å². The first-order valence-corrected chi connectivity index (χ1v) is 9.89. The fourth-order valence-corrected chi connectivity index (χ4v) is 3.50. The van der Waals surface area contributed by atoms with Gasteiger partial charge in [-0.05, 0) is 48.6 Å². The van der Waals surface area contributed by atoms with Gasteiger partial charge in [-0.25, -0.2) is 0 Å². The van der Waals surface area contributed by atoms with Crippen LogP contribution >= 0.6 is 0 Å². The molecule has 2 heterocycles. The van der Waals surface area contributed by atoms with E-state index < -0.39 is 0 Å². The van der Waals surface area contributed by atoms with Crippen LogP contribution in [0.5, 0.6) is 11.5 Å². The number of carbonyl (C=O) groups is 1. The summed E-state index contributed by atoms with van der Waals surface area (Å²) >= 11 is 0. The van der Waals surface area contributed by atoms with Crippen LogP contribution in [-0.4, -0.2) is 28.9 Å². The molecule has 6 nitrogen and oxygen atoms in total. The Hall–Kier alpha value is -3.28. The summed E-state index contributed by atoms with van der Waals surface area (Å²) < 4.78 is 13.0. The molecule has 3 aromatic rings. The van der Waals surface area contributed by atoms with Crippen molar-refractivity contribution in [2.75, 3.05) is 13.2 Å². The van der Waals surface area contributed by atoms with Crippen LogP contribution in [0.2, 0.25) is 0 Å². The molecule has 0 saturated carbocycles. The molecule has 0 saturated heterocycles. The summed E-state index contributed by atoms with van der Waals surface area (Å²) in [6.07, 6.45) is 5.26. The minimum atomic E-state index is -0.129. The lowest BCUT2D eigenvalue weighted by Gasteiger charge is -2.23. The molecule has 0 fully saturated rings. The third-order valence-corrected chi connectivity index (χ3v) is 4.94. The average Bonchev–Trinajstić information content (AvgIpc) is 3.16. The van der Waals surface area contributed by atoms with Crippen molar-refractivity contribution in [2.45, 2.75) is 32.4 Å². The molecule has 1 unspecified atom stereocenters. The van der Waals surface area contributed by atoms with Crippen LogP contribution in [0.1, 0.15) is 29.2 Å². The van der Waals surface area contributed by atoms with Gasteiger partial charge in [0.1, 0.15) is 19.8 Å². The van der Waals surface area contributed by atoms with Crippen LogP contribution in [0, 0.1) is 6.92 Å². The van der Waals surface area contributed by atoms with Crippen molar-refractivity contribution >= 4 is 5.91 Å². The zero-order valence-corrected chi connectivity index (χ0v) is 16.5. The van der Waals surface area contributed by atoms with Crippen molar-refractivity contribution in [1.82, 2.24) is 15.1 Å². The number of rotatable bonds is 7. The van der Waals surface area contributed by atoms with E-state index in [-0.39, 0.29) is 18.5 Å². The molecule has 4 rings (SSSR count). The summed E-state index contributed by atoms with van der Waals surface area (Å²) in [5.74, 6) is 1.41. The smallest absolute Gasteiger partial charge is 0.242 e. The molecule has 0 radical (unpaired) electrons. The highest BCUT2D eigenvalue weighted by atomic mass is 16.6. The normalized spacial score (nSPS) is 13.7. The standard InChI is InChI=1S/C23H25N3O3/c1-17-14-24-26(15-17)16-23(27)25-20(9-7-18-5-3-2-4-6-18)19-8-10-21-22(13-19)29-12-11-28-21/h2-6,8,10,13-15,20H,7,9,11-12,16H2,1H3,(H,25,27). The summed E-state index contributed by atoms with van der Waals surface area (Å²) in [5, 5.41) is 7.38. The van der Waals surface area contributed by atoms with E-state index in [1.807, 2.05) is 49.5 Å². The fourth-order valence-electron chi connectivity index (χ4n) is 3.50. The number of benzene rings is 2. The lowest BCUT2D eigenvalue weighted by atomic mass is 9.98. The Morgan fingerprint density at radius 3 is 2.69 bits per heavy atom. The van der Waals surface area contributed by atoms with Gasteiger partial charge in [0, 0.05) is 6.20 Å². The number of carbonyl (C=O) groups excluding carboxylic acids is 1. The number of amides is 1. The molecule has 1 aromatic heterocycles. The van der Waals surface area contributed by atoms with Crippen LogP contribution in [-0.2, 0) is 17.8 Å². The molecule has 1 aliphatic heterocycles. The minimum absolute atomic E-state index is 0.0685. The largest absolute Gasteiger partial charge is 0.486 e. The number of nitrogens with one attached hydrogen (secondary N) is 1. The number of hydrogen-bond acceptors (Lipinski definition) is 4. The summed E-state index contributed by atoms with van der Waals surface area (Å²) in [7, 11) is 0.